The molecule has 0 aliphatic heterocycles. The van der Waals surface area contributed by atoms with E-state index in [1.807, 2.05) is 37.4 Å². The van der Waals surface area contributed by atoms with Crippen molar-refractivity contribution < 1.29 is 14.6 Å². The second kappa shape index (κ2) is 6.94. The van der Waals surface area contributed by atoms with Crippen molar-refractivity contribution in [3.63, 3.8) is 0 Å². The van der Waals surface area contributed by atoms with E-state index in [-0.39, 0.29) is 12.5 Å². The van der Waals surface area contributed by atoms with Gasteiger partial charge >= 0.3 is 0 Å². The number of nitrogens with one attached hydrogen (secondary N) is 1. The normalized spacial score (nSPS) is 13.5. The number of thiophene rings is 1. The van der Waals surface area contributed by atoms with Gasteiger partial charge in [-0.05, 0) is 49.9 Å². The Morgan fingerprint density at radius 3 is 2.82 bits per heavy atom. The number of carbonyl (C=O) groups excluding carboxylic acids is 1. The third kappa shape index (κ3) is 3.87. The molecule has 4 nitrogen and oxygen atoms in total. The second-order valence-corrected chi connectivity index (χ2v) is 6.29. The first-order chi connectivity index (χ1) is 10.4. The lowest BCUT2D eigenvalue weighted by atomic mass is 10.0. The number of rotatable bonds is 6. The number of carbonyl (C=O) groups is 1. The van der Waals surface area contributed by atoms with Crippen molar-refractivity contribution in [2.45, 2.75) is 26.4 Å². The molecule has 0 saturated carbocycles. The highest BCUT2D eigenvalue weighted by atomic mass is 32.1. The monoisotopic (exact) mass is 319 g/mol. The zero-order valence-electron chi connectivity index (χ0n) is 13.1. The highest BCUT2D eigenvalue weighted by molar-refractivity contribution is 7.10. The average molecular weight is 319 g/mol. The maximum absolute atomic E-state index is 12.3. The van der Waals surface area contributed by atoms with Crippen molar-refractivity contribution in [3.8, 4) is 5.75 Å². The number of aryl methyl sites for hydroxylation is 1. The number of amides is 1. The summed E-state index contributed by atoms with van der Waals surface area (Å²) in [7, 11) is 0. The molecule has 0 fully saturated rings. The van der Waals surface area contributed by atoms with Crippen molar-refractivity contribution in [2.24, 2.45) is 0 Å². The van der Waals surface area contributed by atoms with Crippen LogP contribution in [0.3, 0.4) is 0 Å². The van der Waals surface area contributed by atoms with E-state index in [4.69, 9.17) is 4.74 Å². The lowest BCUT2D eigenvalue weighted by Crippen LogP contribution is -2.38. The SMILES string of the molecule is CCOc1cc(C(=O)NCC(C)(O)c2cccs2)ccc1C. The van der Waals surface area contributed by atoms with Gasteiger partial charge in [-0.1, -0.05) is 12.1 Å². The van der Waals surface area contributed by atoms with Crippen LogP contribution in [0.2, 0.25) is 0 Å². The predicted octanol–water partition coefficient (Wildman–Crippen LogP) is 3.09. The maximum atomic E-state index is 12.3. The van der Waals surface area contributed by atoms with E-state index < -0.39 is 5.60 Å². The van der Waals surface area contributed by atoms with Gasteiger partial charge in [0.1, 0.15) is 11.4 Å². The summed E-state index contributed by atoms with van der Waals surface area (Å²) in [5, 5.41) is 15.1. The Morgan fingerprint density at radius 2 is 2.18 bits per heavy atom. The molecular weight excluding hydrogens is 298 g/mol. The maximum Gasteiger partial charge on any atom is 0.251 e. The summed E-state index contributed by atoms with van der Waals surface area (Å²) < 4.78 is 5.50. The van der Waals surface area contributed by atoms with Crippen molar-refractivity contribution in [2.75, 3.05) is 13.2 Å². The zero-order valence-corrected chi connectivity index (χ0v) is 13.9. The molecule has 0 aliphatic carbocycles. The van der Waals surface area contributed by atoms with Crippen LogP contribution >= 0.6 is 11.3 Å². The summed E-state index contributed by atoms with van der Waals surface area (Å²) >= 11 is 1.47. The Bertz CT molecular complexity index is 635. The average Bonchev–Trinajstić information content (AvgIpc) is 3.02. The van der Waals surface area contributed by atoms with Crippen molar-refractivity contribution in [1.29, 1.82) is 0 Å². The van der Waals surface area contributed by atoms with E-state index in [9.17, 15) is 9.90 Å². The second-order valence-electron chi connectivity index (χ2n) is 5.35. The van der Waals surface area contributed by atoms with Gasteiger partial charge in [0.15, 0.2) is 0 Å². The summed E-state index contributed by atoms with van der Waals surface area (Å²) in [4.78, 5) is 13.1. The van der Waals surface area contributed by atoms with E-state index in [0.29, 0.717) is 17.9 Å². The van der Waals surface area contributed by atoms with Gasteiger partial charge in [-0.3, -0.25) is 4.79 Å². The first-order valence-electron chi connectivity index (χ1n) is 7.22. The van der Waals surface area contributed by atoms with Crippen molar-refractivity contribution >= 4 is 17.2 Å². The number of aliphatic hydroxyl groups is 1. The first kappa shape index (κ1) is 16.5. The Hall–Kier alpha value is -1.85. The van der Waals surface area contributed by atoms with Crippen LogP contribution in [0.1, 0.15) is 34.6 Å². The minimum absolute atomic E-state index is 0.157. The van der Waals surface area contributed by atoms with Crippen molar-refractivity contribution in [1.82, 2.24) is 5.32 Å². The van der Waals surface area contributed by atoms with Gasteiger partial charge in [-0.2, -0.15) is 0 Å². The molecule has 1 heterocycles. The third-order valence-electron chi connectivity index (χ3n) is 3.40. The minimum Gasteiger partial charge on any atom is -0.494 e. The number of ether oxygens (including phenoxy) is 1. The molecule has 1 aromatic carbocycles. The molecule has 0 saturated heterocycles. The predicted molar refractivity (Wildman–Crippen MR) is 88.6 cm³/mol. The quantitative estimate of drug-likeness (QED) is 0.860. The minimum atomic E-state index is -1.07. The topological polar surface area (TPSA) is 58.6 Å². The van der Waals surface area contributed by atoms with Crippen LogP contribution in [0.25, 0.3) is 0 Å². The van der Waals surface area contributed by atoms with Crippen LogP contribution in [-0.2, 0) is 5.60 Å². The summed E-state index contributed by atoms with van der Waals surface area (Å²) in [5.41, 5.74) is 0.442. The molecule has 1 atom stereocenters. The van der Waals surface area contributed by atoms with Gasteiger partial charge < -0.3 is 15.2 Å². The highest BCUT2D eigenvalue weighted by Crippen LogP contribution is 2.25. The number of hydrogen-bond donors (Lipinski definition) is 2. The van der Waals surface area contributed by atoms with E-state index in [2.05, 4.69) is 5.32 Å². The number of benzene rings is 1. The molecule has 2 aromatic rings. The zero-order chi connectivity index (χ0) is 16.2. The largest absolute Gasteiger partial charge is 0.494 e. The fourth-order valence-electron chi connectivity index (χ4n) is 2.08. The summed E-state index contributed by atoms with van der Waals surface area (Å²) in [6.45, 7) is 6.25. The molecule has 2 rings (SSSR count). The lowest BCUT2D eigenvalue weighted by Gasteiger charge is -2.22. The van der Waals surface area contributed by atoms with E-state index in [0.717, 1.165) is 10.4 Å². The molecular formula is C17H21NO3S. The molecule has 1 aromatic heterocycles. The van der Waals surface area contributed by atoms with Gasteiger partial charge in [0.05, 0.1) is 13.2 Å². The molecule has 0 aliphatic rings. The fraction of sp³-hybridized carbons (Fsp3) is 0.353. The fourth-order valence-corrected chi connectivity index (χ4v) is 2.87. The lowest BCUT2D eigenvalue weighted by molar-refractivity contribution is 0.0556. The Balaban J connectivity index is 2.05. The van der Waals surface area contributed by atoms with Gasteiger partial charge in [0.25, 0.3) is 5.91 Å². The Morgan fingerprint density at radius 1 is 1.41 bits per heavy atom. The molecule has 22 heavy (non-hydrogen) atoms. The summed E-state index contributed by atoms with van der Waals surface area (Å²) in [6, 6.07) is 9.08. The Kier molecular flexibility index (Phi) is 5.21. The molecule has 118 valence electrons. The Labute approximate surface area is 134 Å². The smallest absolute Gasteiger partial charge is 0.251 e. The molecule has 0 radical (unpaired) electrons. The summed E-state index contributed by atoms with van der Waals surface area (Å²) in [5.74, 6) is 0.484. The molecule has 1 amide bonds. The van der Waals surface area contributed by atoms with Crippen LogP contribution in [-0.4, -0.2) is 24.2 Å². The van der Waals surface area contributed by atoms with Crippen LogP contribution < -0.4 is 10.1 Å². The standard InChI is InChI=1S/C17H21NO3S/c1-4-21-14-10-13(8-7-12(14)2)16(19)18-11-17(3,20)15-6-5-9-22-15/h5-10,20H,4,11H2,1-3H3,(H,18,19). The molecule has 0 bridgehead atoms. The molecule has 5 heteroatoms. The van der Waals surface area contributed by atoms with Gasteiger partial charge in [-0.15, -0.1) is 11.3 Å². The van der Waals surface area contributed by atoms with Gasteiger partial charge in [0, 0.05) is 10.4 Å². The van der Waals surface area contributed by atoms with Crippen molar-refractivity contribution in [3.05, 3.63) is 51.7 Å². The van der Waals surface area contributed by atoms with Crippen LogP contribution in [0.15, 0.2) is 35.7 Å². The van der Waals surface area contributed by atoms with Gasteiger partial charge in [0.2, 0.25) is 0 Å². The van der Waals surface area contributed by atoms with E-state index in [1.165, 1.54) is 11.3 Å². The highest BCUT2D eigenvalue weighted by Gasteiger charge is 2.25. The van der Waals surface area contributed by atoms with Crippen LogP contribution in [0.4, 0.5) is 0 Å². The van der Waals surface area contributed by atoms with Gasteiger partial charge in [-0.25, -0.2) is 0 Å². The first-order valence-corrected chi connectivity index (χ1v) is 8.10. The number of hydrogen-bond acceptors (Lipinski definition) is 4. The van der Waals surface area contributed by atoms with Crippen LogP contribution in [0.5, 0.6) is 5.75 Å². The van der Waals surface area contributed by atoms with Crippen LogP contribution in [0, 0.1) is 6.92 Å². The molecule has 0 spiro atoms. The van der Waals surface area contributed by atoms with E-state index in [1.54, 1.807) is 19.1 Å². The molecule has 1 unspecified atom stereocenters. The molecule has 2 N–H and O–H groups in total. The summed E-state index contributed by atoms with van der Waals surface area (Å²) in [6.07, 6.45) is 0. The third-order valence-corrected chi connectivity index (χ3v) is 4.52. The van der Waals surface area contributed by atoms with E-state index >= 15 is 0 Å².